The summed E-state index contributed by atoms with van der Waals surface area (Å²) in [6.45, 7) is 10.5. The molecule has 150 valence electrons. The summed E-state index contributed by atoms with van der Waals surface area (Å²) in [7, 11) is 3.55. The van der Waals surface area contributed by atoms with Gasteiger partial charge in [0.2, 0.25) is 0 Å². The molecule has 5 heteroatoms. The molecule has 1 amide bonds. The third kappa shape index (κ3) is 4.36. The first kappa shape index (κ1) is 20.3. The Morgan fingerprint density at radius 1 is 1.15 bits per heavy atom. The largest absolute Gasteiger partial charge is 0.384 e. The van der Waals surface area contributed by atoms with Crippen molar-refractivity contribution in [2.24, 2.45) is 11.3 Å². The molecule has 2 aliphatic rings. The van der Waals surface area contributed by atoms with E-state index in [4.69, 9.17) is 9.47 Å². The first-order chi connectivity index (χ1) is 13.0. The number of hydrogen-bond donors (Lipinski definition) is 0. The van der Waals surface area contributed by atoms with E-state index in [0.29, 0.717) is 5.92 Å². The van der Waals surface area contributed by atoms with E-state index in [1.165, 1.54) is 11.1 Å². The molecule has 27 heavy (non-hydrogen) atoms. The molecular formula is C22H34N2O3. The summed E-state index contributed by atoms with van der Waals surface area (Å²) in [6.07, 6.45) is 2.11. The summed E-state index contributed by atoms with van der Waals surface area (Å²) in [5, 5.41) is 0. The number of ether oxygens (including phenoxy) is 2. The number of methoxy groups -OCH3 is 2. The number of amides is 1. The minimum atomic E-state index is 0.172. The van der Waals surface area contributed by atoms with Crippen molar-refractivity contribution in [2.45, 2.75) is 26.7 Å². The lowest BCUT2D eigenvalue weighted by Gasteiger charge is -2.42. The maximum atomic E-state index is 13.0. The van der Waals surface area contributed by atoms with Gasteiger partial charge in [-0.25, -0.2) is 0 Å². The van der Waals surface area contributed by atoms with Crippen LogP contribution in [0.25, 0.3) is 0 Å². The monoisotopic (exact) mass is 374 g/mol. The first-order valence-corrected chi connectivity index (χ1v) is 10.1. The Morgan fingerprint density at radius 2 is 1.89 bits per heavy atom. The van der Waals surface area contributed by atoms with Gasteiger partial charge in [-0.1, -0.05) is 6.07 Å². The van der Waals surface area contributed by atoms with Crippen LogP contribution < -0.4 is 0 Å². The van der Waals surface area contributed by atoms with Gasteiger partial charge in [0.25, 0.3) is 5.91 Å². The fourth-order valence-electron chi connectivity index (χ4n) is 4.74. The lowest BCUT2D eigenvalue weighted by molar-refractivity contribution is 0.0321. The van der Waals surface area contributed by atoms with E-state index in [2.05, 4.69) is 18.7 Å². The number of benzene rings is 1. The van der Waals surface area contributed by atoms with Gasteiger partial charge in [-0.2, -0.15) is 0 Å². The molecule has 0 aliphatic carbocycles. The number of carbonyl (C=O) groups is 1. The molecule has 1 aromatic rings. The lowest BCUT2D eigenvalue weighted by Crippen LogP contribution is -2.47. The molecule has 0 bridgehead atoms. The van der Waals surface area contributed by atoms with Gasteiger partial charge in [0.05, 0.1) is 13.2 Å². The predicted octanol–water partition coefficient (Wildman–Crippen LogP) is 2.75. The van der Waals surface area contributed by atoms with Crippen LogP contribution in [-0.2, 0) is 9.47 Å². The smallest absolute Gasteiger partial charge is 0.253 e. The van der Waals surface area contributed by atoms with Gasteiger partial charge >= 0.3 is 0 Å². The van der Waals surface area contributed by atoms with Gasteiger partial charge in [-0.3, -0.25) is 4.79 Å². The normalized spacial score (nSPS) is 22.5. The Labute approximate surface area is 163 Å². The van der Waals surface area contributed by atoms with E-state index >= 15 is 0 Å². The zero-order chi connectivity index (χ0) is 19.4. The Bertz CT molecular complexity index is 653. The summed E-state index contributed by atoms with van der Waals surface area (Å²) in [5.74, 6) is 0.712. The minimum Gasteiger partial charge on any atom is -0.384 e. The van der Waals surface area contributed by atoms with Crippen molar-refractivity contribution in [3.8, 4) is 0 Å². The second kappa shape index (κ2) is 8.72. The molecule has 2 fully saturated rings. The van der Waals surface area contributed by atoms with Crippen LogP contribution in [-0.4, -0.2) is 75.9 Å². The quantitative estimate of drug-likeness (QED) is 0.768. The molecule has 3 rings (SSSR count). The highest BCUT2D eigenvalue weighted by atomic mass is 16.5. The molecular weight excluding hydrogens is 340 g/mol. The highest BCUT2D eigenvalue weighted by Gasteiger charge is 2.48. The van der Waals surface area contributed by atoms with Crippen molar-refractivity contribution in [1.29, 1.82) is 0 Å². The highest BCUT2D eigenvalue weighted by molar-refractivity contribution is 5.94. The number of hydrogen-bond acceptors (Lipinski definition) is 4. The zero-order valence-corrected chi connectivity index (χ0v) is 17.3. The second-order valence-corrected chi connectivity index (χ2v) is 8.33. The van der Waals surface area contributed by atoms with E-state index in [1.54, 1.807) is 14.2 Å². The fourth-order valence-corrected chi connectivity index (χ4v) is 4.74. The third-order valence-corrected chi connectivity index (χ3v) is 6.66. The van der Waals surface area contributed by atoms with Crippen molar-refractivity contribution in [3.05, 3.63) is 34.9 Å². The standard InChI is InChI=1S/C22H34N2O3/c1-17-5-6-19(13-18(17)2)21(25)24-9-7-22(8-10-24)16-23(11-12-26-3)14-20(22)15-27-4/h5-6,13,20H,7-12,14-16H2,1-4H3/t20-/m0/s1. The minimum absolute atomic E-state index is 0.172. The van der Waals surface area contributed by atoms with Crippen LogP contribution in [0.5, 0.6) is 0 Å². The molecule has 0 saturated carbocycles. The van der Waals surface area contributed by atoms with Gasteiger partial charge in [-0.15, -0.1) is 0 Å². The average molecular weight is 375 g/mol. The molecule has 0 radical (unpaired) electrons. The maximum Gasteiger partial charge on any atom is 0.253 e. The zero-order valence-electron chi connectivity index (χ0n) is 17.3. The van der Waals surface area contributed by atoms with Gasteiger partial charge in [0, 0.05) is 58.4 Å². The Kier molecular flexibility index (Phi) is 6.56. The van der Waals surface area contributed by atoms with Gasteiger partial charge < -0.3 is 19.3 Å². The van der Waals surface area contributed by atoms with Crippen LogP contribution in [0.15, 0.2) is 18.2 Å². The van der Waals surface area contributed by atoms with E-state index in [-0.39, 0.29) is 11.3 Å². The Hall–Kier alpha value is -1.43. The topological polar surface area (TPSA) is 42.0 Å². The fraction of sp³-hybridized carbons (Fsp3) is 0.682. The third-order valence-electron chi connectivity index (χ3n) is 6.66. The van der Waals surface area contributed by atoms with Crippen LogP contribution in [0.3, 0.4) is 0 Å². The number of aryl methyl sites for hydroxylation is 2. The van der Waals surface area contributed by atoms with E-state index in [9.17, 15) is 4.79 Å². The lowest BCUT2D eigenvalue weighted by atomic mass is 9.71. The summed E-state index contributed by atoms with van der Waals surface area (Å²) >= 11 is 0. The highest BCUT2D eigenvalue weighted by Crippen LogP contribution is 2.45. The molecule has 2 saturated heterocycles. The van der Waals surface area contributed by atoms with Gasteiger partial charge in [-0.05, 0) is 55.4 Å². The summed E-state index contributed by atoms with van der Waals surface area (Å²) in [4.78, 5) is 17.5. The van der Waals surface area contributed by atoms with Crippen molar-refractivity contribution in [2.75, 3.05) is 60.2 Å². The van der Waals surface area contributed by atoms with E-state index < -0.39 is 0 Å². The number of nitrogens with zero attached hydrogens (tertiary/aromatic N) is 2. The van der Waals surface area contributed by atoms with Gasteiger partial charge in [0.1, 0.15) is 0 Å². The molecule has 0 unspecified atom stereocenters. The van der Waals surface area contributed by atoms with Crippen LogP contribution in [0.4, 0.5) is 0 Å². The van der Waals surface area contributed by atoms with Crippen molar-refractivity contribution in [1.82, 2.24) is 9.80 Å². The molecule has 1 aromatic carbocycles. The summed E-state index contributed by atoms with van der Waals surface area (Å²) in [6, 6.07) is 6.04. The molecule has 0 aromatic heterocycles. The average Bonchev–Trinajstić information content (AvgIpc) is 2.99. The van der Waals surface area contributed by atoms with Crippen LogP contribution in [0.1, 0.15) is 34.3 Å². The van der Waals surface area contributed by atoms with Gasteiger partial charge in [0.15, 0.2) is 0 Å². The van der Waals surface area contributed by atoms with Crippen LogP contribution in [0.2, 0.25) is 0 Å². The summed E-state index contributed by atoms with van der Waals surface area (Å²) in [5.41, 5.74) is 3.49. The van der Waals surface area contributed by atoms with Crippen molar-refractivity contribution in [3.63, 3.8) is 0 Å². The van der Waals surface area contributed by atoms with Crippen LogP contribution >= 0.6 is 0 Å². The van der Waals surface area contributed by atoms with E-state index in [0.717, 1.165) is 64.3 Å². The SMILES string of the molecule is COCCN1C[C@@H](COC)C2(CCN(C(=O)c3ccc(C)c(C)c3)CC2)C1. The Balaban J connectivity index is 1.65. The summed E-state index contributed by atoms with van der Waals surface area (Å²) < 4.78 is 10.8. The molecule has 1 spiro atoms. The molecule has 0 N–H and O–H groups in total. The van der Waals surface area contributed by atoms with Crippen molar-refractivity contribution >= 4 is 5.91 Å². The van der Waals surface area contributed by atoms with E-state index in [1.807, 2.05) is 23.1 Å². The number of carbonyl (C=O) groups excluding carboxylic acids is 1. The predicted molar refractivity (Wildman–Crippen MR) is 107 cm³/mol. The second-order valence-electron chi connectivity index (χ2n) is 8.33. The number of piperidine rings is 1. The molecule has 2 aliphatic heterocycles. The van der Waals surface area contributed by atoms with Crippen LogP contribution in [0, 0.1) is 25.2 Å². The molecule has 5 nitrogen and oxygen atoms in total. The maximum absolute atomic E-state index is 13.0. The first-order valence-electron chi connectivity index (χ1n) is 10.1. The van der Waals surface area contributed by atoms with Crippen molar-refractivity contribution < 1.29 is 14.3 Å². The Morgan fingerprint density at radius 3 is 2.52 bits per heavy atom. The number of rotatable bonds is 6. The molecule has 1 atom stereocenters. The molecule has 2 heterocycles. The number of likely N-dealkylation sites (tertiary alicyclic amines) is 2.